The Morgan fingerprint density at radius 2 is 1.76 bits per heavy atom. The number of benzene rings is 2. The van der Waals surface area contributed by atoms with E-state index in [1.807, 2.05) is 54.6 Å². The van der Waals surface area contributed by atoms with E-state index in [1.54, 1.807) is 11.0 Å². The lowest BCUT2D eigenvalue weighted by atomic mass is 9.92. The van der Waals surface area contributed by atoms with Crippen LogP contribution in [0.5, 0.6) is 0 Å². The molecule has 3 N–H and O–H groups in total. The Hall–Kier alpha value is -4.27. The summed E-state index contributed by atoms with van der Waals surface area (Å²) in [6.07, 6.45) is 2.29. The summed E-state index contributed by atoms with van der Waals surface area (Å²) in [5.74, 6) is -2.39. The van der Waals surface area contributed by atoms with Crippen LogP contribution < -0.4 is 10.6 Å². The maximum absolute atomic E-state index is 13.8. The molecular weight excluding hydrogens is 532 g/mol. The van der Waals surface area contributed by atoms with Crippen LogP contribution in [0.4, 0.5) is 0 Å². The summed E-state index contributed by atoms with van der Waals surface area (Å²) in [4.78, 5) is 71.1. The number of para-hydroxylation sites is 1. The first kappa shape index (κ1) is 29.2. The van der Waals surface area contributed by atoms with E-state index in [0.717, 1.165) is 22.9 Å². The van der Waals surface area contributed by atoms with Gasteiger partial charge in [0.1, 0.15) is 17.5 Å². The molecule has 1 aliphatic carbocycles. The van der Waals surface area contributed by atoms with Gasteiger partial charge in [-0.25, -0.2) is 0 Å². The van der Waals surface area contributed by atoms with Crippen LogP contribution in [-0.4, -0.2) is 57.8 Å². The number of rotatable bonds is 10. The molecular formula is C33H38N4O5. The summed E-state index contributed by atoms with van der Waals surface area (Å²) < 4.78 is 0. The maximum atomic E-state index is 13.8. The van der Waals surface area contributed by atoms with Crippen LogP contribution in [0.2, 0.25) is 0 Å². The lowest BCUT2D eigenvalue weighted by Crippen LogP contribution is -2.54. The van der Waals surface area contributed by atoms with Gasteiger partial charge in [-0.3, -0.25) is 24.0 Å². The van der Waals surface area contributed by atoms with Crippen molar-refractivity contribution in [2.75, 3.05) is 6.54 Å². The number of aromatic nitrogens is 1. The van der Waals surface area contributed by atoms with E-state index in [4.69, 9.17) is 0 Å². The average Bonchev–Trinajstić information content (AvgIpc) is 3.73. The van der Waals surface area contributed by atoms with Gasteiger partial charge >= 0.3 is 0 Å². The van der Waals surface area contributed by atoms with Crippen LogP contribution in [-0.2, 0) is 25.7 Å². The molecule has 1 saturated carbocycles. The topological polar surface area (TPSA) is 128 Å². The molecule has 2 aromatic carbocycles. The van der Waals surface area contributed by atoms with Crippen molar-refractivity contribution in [1.29, 1.82) is 0 Å². The highest BCUT2D eigenvalue weighted by molar-refractivity contribution is 6.38. The Morgan fingerprint density at radius 3 is 2.45 bits per heavy atom. The molecule has 2 heterocycles. The molecule has 5 rings (SSSR count). The lowest BCUT2D eigenvalue weighted by molar-refractivity contribution is -0.141. The smallest absolute Gasteiger partial charge is 0.289 e. The van der Waals surface area contributed by atoms with Crippen LogP contribution >= 0.6 is 0 Å². The first-order valence-electron chi connectivity index (χ1n) is 14.8. The third-order valence-corrected chi connectivity index (χ3v) is 8.70. The molecule has 0 spiro atoms. The fourth-order valence-corrected chi connectivity index (χ4v) is 6.11. The second-order valence-corrected chi connectivity index (χ2v) is 11.9. The van der Waals surface area contributed by atoms with Gasteiger partial charge in [0.2, 0.25) is 11.7 Å². The van der Waals surface area contributed by atoms with E-state index in [1.165, 1.54) is 0 Å². The van der Waals surface area contributed by atoms with Gasteiger partial charge in [-0.2, -0.15) is 0 Å². The second kappa shape index (κ2) is 12.7. The first-order chi connectivity index (χ1) is 20.2. The molecule has 4 atom stereocenters. The predicted molar refractivity (Wildman–Crippen MR) is 158 cm³/mol. The van der Waals surface area contributed by atoms with Crippen LogP contribution in [0.25, 0.3) is 10.9 Å². The van der Waals surface area contributed by atoms with Gasteiger partial charge in [0, 0.05) is 36.3 Å². The molecule has 2 aliphatic rings. The van der Waals surface area contributed by atoms with Crippen molar-refractivity contribution in [3.05, 3.63) is 71.9 Å². The Kier molecular flexibility index (Phi) is 8.85. The zero-order valence-corrected chi connectivity index (χ0v) is 24.1. The van der Waals surface area contributed by atoms with E-state index in [0.29, 0.717) is 31.5 Å². The molecule has 3 aromatic rings. The quantitative estimate of drug-likeness (QED) is 0.320. The van der Waals surface area contributed by atoms with E-state index in [-0.39, 0.29) is 36.5 Å². The summed E-state index contributed by atoms with van der Waals surface area (Å²) in [7, 11) is 0. The number of aromatic amines is 1. The minimum absolute atomic E-state index is 0.0445. The number of hydrogen-bond donors (Lipinski definition) is 3. The number of carbonyl (C=O) groups is 5. The summed E-state index contributed by atoms with van der Waals surface area (Å²) in [5, 5.41) is 6.35. The fourth-order valence-electron chi connectivity index (χ4n) is 6.11. The molecule has 3 amide bonds. The predicted octanol–water partition coefficient (Wildman–Crippen LogP) is 3.78. The Labute approximate surface area is 245 Å². The highest BCUT2D eigenvalue weighted by Gasteiger charge is 2.43. The zero-order valence-electron chi connectivity index (χ0n) is 24.1. The molecule has 9 nitrogen and oxygen atoms in total. The summed E-state index contributed by atoms with van der Waals surface area (Å²) in [6, 6.07) is 16.6. The molecule has 0 bridgehead atoms. The molecule has 1 aromatic heterocycles. The number of fused-ring (bicyclic) bond motifs is 1. The number of H-pyrrole nitrogens is 1. The minimum Gasteiger partial charge on any atom is -0.351 e. The average molecular weight is 571 g/mol. The van der Waals surface area contributed by atoms with Gasteiger partial charge in [0.25, 0.3) is 11.8 Å². The van der Waals surface area contributed by atoms with Crippen molar-refractivity contribution in [2.45, 2.75) is 64.6 Å². The number of hydrogen-bond acceptors (Lipinski definition) is 5. The molecule has 42 heavy (non-hydrogen) atoms. The van der Waals surface area contributed by atoms with Crippen molar-refractivity contribution in [3.63, 3.8) is 0 Å². The Morgan fingerprint density at radius 1 is 1.02 bits per heavy atom. The van der Waals surface area contributed by atoms with Crippen molar-refractivity contribution in [2.24, 2.45) is 17.8 Å². The van der Waals surface area contributed by atoms with Crippen molar-refractivity contribution in [1.82, 2.24) is 20.5 Å². The molecule has 1 saturated heterocycles. The third kappa shape index (κ3) is 6.45. The number of nitrogens with zero attached hydrogens (tertiary/aromatic N) is 1. The monoisotopic (exact) mass is 570 g/mol. The van der Waals surface area contributed by atoms with E-state index >= 15 is 0 Å². The first-order valence-corrected chi connectivity index (χ1v) is 14.8. The van der Waals surface area contributed by atoms with Crippen molar-refractivity contribution in [3.8, 4) is 0 Å². The number of amides is 3. The van der Waals surface area contributed by atoms with Gasteiger partial charge in [-0.15, -0.1) is 0 Å². The number of Topliss-reactive ketones (excluding diaryl/α,β-unsaturated/α-hetero) is 2. The maximum Gasteiger partial charge on any atom is 0.289 e. The van der Waals surface area contributed by atoms with Crippen molar-refractivity contribution < 1.29 is 24.0 Å². The SMILES string of the molecule is CC(C)[C@@H]1C[C@@H](C(=O)NC(C[C@@H]2CCCC2=O)C(=O)C(=O)NCc2ccccc2)N(C(=O)c2cc3ccccc3[nH]2)C1. The minimum atomic E-state index is -1.16. The number of ketones is 2. The van der Waals surface area contributed by atoms with Gasteiger partial charge < -0.3 is 20.5 Å². The summed E-state index contributed by atoms with van der Waals surface area (Å²) >= 11 is 0. The Balaban J connectivity index is 1.34. The number of likely N-dealkylation sites (tertiary alicyclic amines) is 1. The van der Waals surface area contributed by atoms with Gasteiger partial charge in [-0.05, 0) is 55.2 Å². The van der Waals surface area contributed by atoms with Gasteiger partial charge in [-0.1, -0.05) is 62.4 Å². The van der Waals surface area contributed by atoms with Crippen LogP contribution in [0, 0.1) is 17.8 Å². The highest BCUT2D eigenvalue weighted by atomic mass is 16.2. The normalized spacial score (nSPS) is 21.1. The highest BCUT2D eigenvalue weighted by Crippen LogP contribution is 2.32. The molecule has 220 valence electrons. The summed E-state index contributed by atoms with van der Waals surface area (Å²) in [6.45, 7) is 4.69. The summed E-state index contributed by atoms with van der Waals surface area (Å²) in [5.41, 5.74) is 2.06. The van der Waals surface area contributed by atoms with Gasteiger partial charge in [0.15, 0.2) is 0 Å². The largest absolute Gasteiger partial charge is 0.351 e. The lowest BCUT2D eigenvalue weighted by Gasteiger charge is -2.26. The third-order valence-electron chi connectivity index (χ3n) is 8.70. The molecule has 1 aliphatic heterocycles. The van der Waals surface area contributed by atoms with E-state index in [9.17, 15) is 24.0 Å². The van der Waals surface area contributed by atoms with Gasteiger partial charge in [0.05, 0.1) is 6.04 Å². The van der Waals surface area contributed by atoms with E-state index in [2.05, 4.69) is 29.5 Å². The van der Waals surface area contributed by atoms with Crippen molar-refractivity contribution >= 4 is 40.2 Å². The molecule has 2 fully saturated rings. The second-order valence-electron chi connectivity index (χ2n) is 11.9. The standard InChI is InChI=1S/C33H38N4O5/c1-20(2)24-17-28(37(19-24)33(42)27-15-22-11-6-7-13-25(22)35-27)31(40)36-26(16-23-12-8-14-29(23)38)30(39)32(41)34-18-21-9-4-3-5-10-21/h3-7,9-11,13,15,20,23-24,26,28,35H,8,12,14,16-19H2,1-2H3,(H,34,41)(H,36,40)/t23-,24+,26?,28-/m0/s1. The van der Waals surface area contributed by atoms with E-state index < -0.39 is 35.6 Å². The van der Waals surface area contributed by atoms with Crippen LogP contribution in [0.15, 0.2) is 60.7 Å². The number of nitrogens with one attached hydrogen (secondary N) is 3. The fraction of sp³-hybridized carbons (Fsp3) is 0.424. The number of carbonyl (C=O) groups excluding carboxylic acids is 5. The zero-order chi connectivity index (χ0) is 29.8. The van der Waals surface area contributed by atoms with Crippen LogP contribution in [0.1, 0.15) is 62.0 Å². The molecule has 9 heteroatoms. The Bertz CT molecular complexity index is 1450. The van der Waals surface area contributed by atoms with Crippen LogP contribution in [0.3, 0.4) is 0 Å². The molecule has 1 unspecified atom stereocenters. The molecule has 0 radical (unpaired) electrons.